The number of nitrogens with one attached hydrogen (secondary N) is 4. The minimum Gasteiger partial charge on any atom is -0.424 e. The van der Waals surface area contributed by atoms with Gasteiger partial charge in [-0.2, -0.15) is 28.5 Å². The Bertz CT molecular complexity index is 1600. The van der Waals surface area contributed by atoms with Crippen LogP contribution in [0.15, 0.2) is 54.6 Å². The first-order valence-corrected chi connectivity index (χ1v) is 10.8. The number of amides is 2. The fourth-order valence-corrected chi connectivity index (χ4v) is 3.23. The van der Waals surface area contributed by atoms with Crippen molar-refractivity contribution in [2.75, 3.05) is 16.0 Å². The molecule has 0 saturated heterocycles. The van der Waals surface area contributed by atoms with E-state index in [-0.39, 0.29) is 34.4 Å². The molecule has 16 heteroatoms. The molecule has 2 amide bonds. The molecule has 0 unspecified atom stereocenters. The highest BCUT2D eigenvalue weighted by molar-refractivity contribution is 6.00. The van der Waals surface area contributed by atoms with E-state index < -0.39 is 34.5 Å². The van der Waals surface area contributed by atoms with Crippen molar-refractivity contribution in [2.45, 2.75) is 13.1 Å². The van der Waals surface area contributed by atoms with Crippen LogP contribution in [0, 0.1) is 28.4 Å². The van der Waals surface area contributed by atoms with E-state index in [1.165, 1.54) is 36.4 Å². The number of carbonyl (C=O) groups is 1. The lowest BCUT2D eigenvalue weighted by molar-refractivity contribution is -0.384. The lowest BCUT2D eigenvalue weighted by atomic mass is 10.1. The number of benzene rings is 2. The lowest BCUT2D eigenvalue weighted by Crippen LogP contribution is -2.20. The fraction of sp³-hybridized carbons (Fsp3) is 0.0870. The molecule has 0 atom stereocenters. The molecule has 0 bridgehead atoms. The van der Waals surface area contributed by atoms with Crippen LogP contribution in [0.25, 0.3) is 0 Å². The molecular weight excluding hydrogens is 523 g/mol. The molecule has 4 N–H and O–H groups in total. The molecule has 0 saturated carbocycles. The predicted octanol–water partition coefficient (Wildman–Crippen LogP) is 5.49. The number of nitro benzene ring substituents is 1. The first kappa shape index (κ1) is 26.3. The van der Waals surface area contributed by atoms with Crippen LogP contribution in [0.3, 0.4) is 0 Å². The molecule has 0 aliphatic carbocycles. The van der Waals surface area contributed by atoms with E-state index in [1.807, 2.05) is 6.07 Å². The van der Waals surface area contributed by atoms with Crippen molar-refractivity contribution in [3.05, 3.63) is 81.7 Å². The van der Waals surface area contributed by atoms with Crippen molar-refractivity contribution in [1.29, 1.82) is 5.26 Å². The third-order valence-corrected chi connectivity index (χ3v) is 4.85. The molecule has 198 valence electrons. The van der Waals surface area contributed by atoms with Gasteiger partial charge in [0, 0.05) is 41.3 Å². The van der Waals surface area contributed by atoms with Crippen LogP contribution >= 0.6 is 0 Å². The molecule has 39 heavy (non-hydrogen) atoms. The highest BCUT2D eigenvalue weighted by Crippen LogP contribution is 2.39. The van der Waals surface area contributed by atoms with Crippen molar-refractivity contribution in [3.8, 4) is 17.8 Å². The Hall–Kier alpha value is -5.72. The van der Waals surface area contributed by atoms with E-state index in [4.69, 9.17) is 10.00 Å². The third kappa shape index (κ3) is 6.74. The van der Waals surface area contributed by atoms with Crippen LogP contribution in [0.1, 0.15) is 17.0 Å². The van der Waals surface area contributed by atoms with Gasteiger partial charge in [-0.3, -0.25) is 15.2 Å². The smallest absolute Gasteiger partial charge is 0.420 e. The van der Waals surface area contributed by atoms with E-state index in [9.17, 15) is 28.1 Å². The molecule has 13 nitrogen and oxygen atoms in total. The zero-order valence-corrected chi connectivity index (χ0v) is 19.7. The number of hydrogen-bond acceptors (Lipinski definition) is 9. The number of nitrogens with zero attached hydrogens (tertiary/aromatic N) is 5. The summed E-state index contributed by atoms with van der Waals surface area (Å²) in [5.41, 5.74) is -1.11. The predicted molar refractivity (Wildman–Crippen MR) is 131 cm³/mol. The van der Waals surface area contributed by atoms with E-state index in [1.54, 1.807) is 6.92 Å². The quantitative estimate of drug-likeness (QED) is 0.174. The van der Waals surface area contributed by atoms with E-state index >= 15 is 0 Å². The lowest BCUT2D eigenvalue weighted by Gasteiger charge is -2.15. The number of nitro groups is 1. The number of urea groups is 1. The zero-order valence-electron chi connectivity index (χ0n) is 19.7. The van der Waals surface area contributed by atoms with Gasteiger partial charge in [0.05, 0.1) is 4.92 Å². The van der Waals surface area contributed by atoms with Gasteiger partial charge in [-0.1, -0.05) is 6.07 Å². The molecule has 2 aromatic heterocycles. The van der Waals surface area contributed by atoms with Gasteiger partial charge in [0.1, 0.15) is 28.9 Å². The van der Waals surface area contributed by atoms with Crippen LogP contribution in [-0.4, -0.2) is 31.1 Å². The van der Waals surface area contributed by atoms with Crippen LogP contribution < -0.4 is 20.7 Å². The number of nitriles is 1. The van der Waals surface area contributed by atoms with Crippen molar-refractivity contribution in [1.82, 2.24) is 20.2 Å². The average molecular weight is 539 g/mol. The van der Waals surface area contributed by atoms with Gasteiger partial charge in [-0.05, 0) is 31.2 Å². The Labute approximate surface area is 216 Å². The number of anilines is 4. The van der Waals surface area contributed by atoms with Gasteiger partial charge < -0.3 is 20.7 Å². The molecule has 2 heterocycles. The summed E-state index contributed by atoms with van der Waals surface area (Å²) >= 11 is 0. The number of aryl methyl sites for hydroxylation is 1. The second kappa shape index (κ2) is 10.7. The Balaban J connectivity index is 1.53. The van der Waals surface area contributed by atoms with E-state index in [0.29, 0.717) is 11.8 Å². The van der Waals surface area contributed by atoms with Gasteiger partial charge >= 0.3 is 18.2 Å². The number of carbonyl (C=O) groups excluding carboxylic acids is 1. The Morgan fingerprint density at radius 3 is 2.49 bits per heavy atom. The Kier molecular flexibility index (Phi) is 7.24. The number of rotatable bonds is 7. The van der Waals surface area contributed by atoms with Crippen LogP contribution in [0.2, 0.25) is 0 Å². The summed E-state index contributed by atoms with van der Waals surface area (Å²) in [6, 6.07) is 11.3. The third-order valence-electron chi connectivity index (χ3n) is 4.85. The fourth-order valence-electron chi connectivity index (χ4n) is 3.23. The summed E-state index contributed by atoms with van der Waals surface area (Å²) in [5, 5.41) is 33.5. The van der Waals surface area contributed by atoms with Crippen LogP contribution in [0.5, 0.6) is 11.8 Å². The number of non-ortho nitro benzene ring substituents is 1. The maximum atomic E-state index is 13.9. The topological polar surface area (TPSA) is 184 Å². The Morgan fingerprint density at radius 1 is 1.08 bits per heavy atom. The highest BCUT2D eigenvalue weighted by atomic mass is 19.4. The molecule has 0 fully saturated rings. The monoisotopic (exact) mass is 539 g/mol. The van der Waals surface area contributed by atoms with Crippen molar-refractivity contribution >= 4 is 34.7 Å². The number of aromatic amines is 1. The van der Waals surface area contributed by atoms with Gasteiger partial charge in [0.2, 0.25) is 0 Å². The normalized spacial score (nSPS) is 10.8. The first-order valence-electron chi connectivity index (χ1n) is 10.8. The second-order valence-electron chi connectivity index (χ2n) is 7.78. The highest BCUT2D eigenvalue weighted by Gasteiger charge is 2.35. The summed E-state index contributed by atoms with van der Waals surface area (Å²) in [5.74, 6) is -0.237. The molecule has 0 radical (unpaired) electrons. The summed E-state index contributed by atoms with van der Waals surface area (Å²) in [7, 11) is 0. The Morgan fingerprint density at radius 2 is 1.82 bits per heavy atom. The molecule has 0 spiro atoms. The standard InChI is InChI=1S/C23H16F3N9O4/c1-12-7-19(31-20-10-15(11-27)33-34-20)32-22(28-12)39-18-6-5-14(9-17(18)23(24,25)26)30-21(36)29-13-3-2-4-16(8-13)35(37)38/h2-10H,1H3,(H2,29,30,36)(H2,28,31,32,33,34). The molecule has 4 aromatic rings. The molecule has 4 rings (SSSR count). The van der Waals surface area contributed by atoms with Gasteiger partial charge in [0.25, 0.3) is 5.69 Å². The summed E-state index contributed by atoms with van der Waals surface area (Å²) in [6.45, 7) is 1.57. The van der Waals surface area contributed by atoms with Gasteiger partial charge in [0.15, 0.2) is 5.82 Å². The number of halogens is 3. The maximum Gasteiger partial charge on any atom is 0.420 e. The molecule has 0 aliphatic rings. The largest absolute Gasteiger partial charge is 0.424 e. The zero-order chi connectivity index (χ0) is 28.2. The number of alkyl halides is 3. The van der Waals surface area contributed by atoms with E-state index in [2.05, 4.69) is 36.1 Å². The number of aromatic nitrogens is 4. The van der Waals surface area contributed by atoms with Crippen LogP contribution in [0.4, 0.5) is 46.7 Å². The summed E-state index contributed by atoms with van der Waals surface area (Å²) in [6.07, 6.45) is -4.88. The molecule has 2 aromatic carbocycles. The SMILES string of the molecule is Cc1cc(Nc2cc(C#N)[nH]n2)nc(Oc2ccc(NC(=O)Nc3cccc([N+](=O)[O-])c3)cc2C(F)(F)F)n1. The second-order valence-corrected chi connectivity index (χ2v) is 7.78. The minimum absolute atomic E-state index is 0.0670. The van der Waals surface area contributed by atoms with Crippen molar-refractivity contribution < 1.29 is 27.6 Å². The first-order chi connectivity index (χ1) is 18.5. The van der Waals surface area contributed by atoms with E-state index in [0.717, 1.165) is 12.1 Å². The van der Waals surface area contributed by atoms with Crippen molar-refractivity contribution in [3.63, 3.8) is 0 Å². The van der Waals surface area contributed by atoms with Crippen molar-refractivity contribution in [2.24, 2.45) is 0 Å². The number of hydrogen-bond donors (Lipinski definition) is 4. The van der Waals surface area contributed by atoms with Crippen LogP contribution in [-0.2, 0) is 6.18 Å². The molecular formula is C23H16F3N9O4. The van der Waals surface area contributed by atoms with Gasteiger partial charge in [-0.15, -0.1) is 0 Å². The van der Waals surface area contributed by atoms with Gasteiger partial charge in [-0.25, -0.2) is 9.78 Å². The number of ether oxygens (including phenoxy) is 1. The molecule has 0 aliphatic heterocycles. The summed E-state index contributed by atoms with van der Waals surface area (Å²) < 4.78 is 46.9. The summed E-state index contributed by atoms with van der Waals surface area (Å²) in [4.78, 5) is 30.6. The minimum atomic E-state index is -4.88. The maximum absolute atomic E-state index is 13.9. The number of H-pyrrole nitrogens is 1. The average Bonchev–Trinajstić information content (AvgIpc) is 3.31.